The molecule has 1 aromatic rings. The van der Waals surface area contributed by atoms with Crippen molar-refractivity contribution in [1.82, 2.24) is 10.3 Å². The van der Waals surface area contributed by atoms with Crippen molar-refractivity contribution >= 4 is 5.69 Å². The molecule has 0 unspecified atom stereocenters. The van der Waals surface area contributed by atoms with Crippen molar-refractivity contribution in [2.24, 2.45) is 11.8 Å². The van der Waals surface area contributed by atoms with Gasteiger partial charge in [0.2, 0.25) is 0 Å². The first kappa shape index (κ1) is 15.3. The molecular weight excluding hydrogens is 246 g/mol. The predicted molar refractivity (Wildman–Crippen MR) is 86.0 cm³/mol. The molecule has 0 spiro atoms. The van der Waals surface area contributed by atoms with Gasteiger partial charge in [0.1, 0.15) is 0 Å². The zero-order valence-corrected chi connectivity index (χ0v) is 13.4. The summed E-state index contributed by atoms with van der Waals surface area (Å²) in [4.78, 5) is 6.85. The van der Waals surface area contributed by atoms with Crippen LogP contribution in [-0.2, 0) is 6.54 Å². The average molecular weight is 275 g/mol. The molecule has 20 heavy (non-hydrogen) atoms. The van der Waals surface area contributed by atoms with E-state index >= 15 is 0 Å². The van der Waals surface area contributed by atoms with E-state index in [1.54, 1.807) is 0 Å². The van der Waals surface area contributed by atoms with E-state index in [1.165, 1.54) is 37.2 Å². The molecule has 0 aromatic carbocycles. The third-order valence-corrected chi connectivity index (χ3v) is 4.41. The average Bonchev–Trinajstić information content (AvgIpc) is 2.45. The lowest BCUT2D eigenvalue weighted by Crippen LogP contribution is -2.36. The van der Waals surface area contributed by atoms with Crippen LogP contribution in [0.4, 0.5) is 5.69 Å². The molecule has 2 rings (SSSR count). The standard InChI is InChI=1S/C17H29N3/c1-13(2)15-6-9-20(10-7-15)17-12-18-8-5-16(17)11-19-14(3)4/h5,8,12-15,19H,6-7,9-11H2,1-4H3. The molecule has 1 saturated heterocycles. The highest BCUT2D eigenvalue weighted by Crippen LogP contribution is 2.29. The molecule has 1 fully saturated rings. The topological polar surface area (TPSA) is 28.2 Å². The van der Waals surface area contributed by atoms with Gasteiger partial charge in [-0.05, 0) is 36.3 Å². The van der Waals surface area contributed by atoms with Crippen LogP contribution < -0.4 is 10.2 Å². The lowest BCUT2D eigenvalue weighted by atomic mass is 9.86. The Morgan fingerprint density at radius 1 is 1.25 bits per heavy atom. The van der Waals surface area contributed by atoms with Gasteiger partial charge in [0.25, 0.3) is 0 Å². The van der Waals surface area contributed by atoms with Crippen molar-refractivity contribution in [1.29, 1.82) is 0 Å². The summed E-state index contributed by atoms with van der Waals surface area (Å²) in [7, 11) is 0. The van der Waals surface area contributed by atoms with Crippen LogP contribution in [0.1, 0.15) is 46.1 Å². The number of nitrogens with one attached hydrogen (secondary N) is 1. The maximum absolute atomic E-state index is 4.33. The Labute approximate surface area is 123 Å². The third kappa shape index (κ3) is 3.95. The third-order valence-electron chi connectivity index (χ3n) is 4.41. The number of aromatic nitrogens is 1. The molecule has 0 aliphatic carbocycles. The van der Waals surface area contributed by atoms with Crippen LogP contribution in [0.15, 0.2) is 18.5 Å². The normalized spacial score (nSPS) is 17.2. The highest BCUT2D eigenvalue weighted by Gasteiger charge is 2.22. The largest absolute Gasteiger partial charge is 0.370 e. The van der Waals surface area contributed by atoms with E-state index in [9.17, 15) is 0 Å². The van der Waals surface area contributed by atoms with Crippen LogP contribution in [0.25, 0.3) is 0 Å². The first-order valence-corrected chi connectivity index (χ1v) is 7.99. The quantitative estimate of drug-likeness (QED) is 0.892. The van der Waals surface area contributed by atoms with Crippen molar-refractivity contribution in [3.05, 3.63) is 24.0 Å². The van der Waals surface area contributed by atoms with E-state index in [4.69, 9.17) is 0 Å². The smallest absolute Gasteiger partial charge is 0.0598 e. The summed E-state index contributed by atoms with van der Waals surface area (Å²) in [6.45, 7) is 12.3. The van der Waals surface area contributed by atoms with Gasteiger partial charge >= 0.3 is 0 Å². The Morgan fingerprint density at radius 2 is 1.95 bits per heavy atom. The van der Waals surface area contributed by atoms with Crippen molar-refractivity contribution < 1.29 is 0 Å². The molecule has 0 atom stereocenters. The second-order valence-electron chi connectivity index (χ2n) is 6.61. The second kappa shape index (κ2) is 7.07. The summed E-state index contributed by atoms with van der Waals surface area (Å²) < 4.78 is 0. The first-order chi connectivity index (χ1) is 9.58. The Morgan fingerprint density at radius 3 is 2.55 bits per heavy atom. The van der Waals surface area contributed by atoms with Crippen molar-refractivity contribution in [2.45, 2.75) is 53.1 Å². The van der Waals surface area contributed by atoms with Gasteiger partial charge in [-0.3, -0.25) is 4.98 Å². The van der Waals surface area contributed by atoms with E-state index in [-0.39, 0.29) is 0 Å². The van der Waals surface area contributed by atoms with Crippen LogP contribution in [0.3, 0.4) is 0 Å². The van der Waals surface area contributed by atoms with Crippen LogP contribution >= 0.6 is 0 Å². The van der Waals surface area contributed by atoms with Crippen molar-refractivity contribution in [2.75, 3.05) is 18.0 Å². The molecule has 1 aliphatic heterocycles. The van der Waals surface area contributed by atoms with Crippen LogP contribution in [-0.4, -0.2) is 24.1 Å². The summed E-state index contributed by atoms with van der Waals surface area (Å²) in [6.07, 6.45) is 6.56. The number of hydrogen-bond acceptors (Lipinski definition) is 3. The molecule has 1 aromatic heterocycles. The Bertz CT molecular complexity index is 406. The summed E-state index contributed by atoms with van der Waals surface area (Å²) in [5.41, 5.74) is 2.69. The number of anilines is 1. The van der Waals surface area contributed by atoms with Crippen LogP contribution in [0, 0.1) is 11.8 Å². The fourth-order valence-electron chi connectivity index (χ4n) is 2.97. The predicted octanol–water partition coefficient (Wildman–Crippen LogP) is 3.45. The maximum Gasteiger partial charge on any atom is 0.0598 e. The van der Waals surface area contributed by atoms with Crippen LogP contribution in [0.2, 0.25) is 0 Å². The molecule has 2 heterocycles. The van der Waals surface area contributed by atoms with Gasteiger partial charge in [0.15, 0.2) is 0 Å². The molecule has 1 aliphatic rings. The SMILES string of the molecule is CC(C)NCc1ccncc1N1CCC(C(C)C)CC1. The van der Waals surface area contributed by atoms with E-state index in [0.717, 1.165) is 18.4 Å². The zero-order chi connectivity index (χ0) is 14.5. The fraction of sp³-hybridized carbons (Fsp3) is 0.706. The minimum Gasteiger partial charge on any atom is -0.370 e. The molecule has 0 bridgehead atoms. The Kier molecular flexibility index (Phi) is 5.41. The molecular formula is C17H29N3. The van der Waals surface area contributed by atoms with Gasteiger partial charge in [-0.25, -0.2) is 0 Å². The molecule has 1 N–H and O–H groups in total. The van der Waals surface area contributed by atoms with Crippen molar-refractivity contribution in [3.63, 3.8) is 0 Å². The molecule has 3 nitrogen and oxygen atoms in total. The van der Waals surface area contributed by atoms with E-state index in [0.29, 0.717) is 6.04 Å². The summed E-state index contributed by atoms with van der Waals surface area (Å²) in [6, 6.07) is 2.67. The minimum atomic E-state index is 0.516. The zero-order valence-electron chi connectivity index (χ0n) is 13.4. The van der Waals surface area contributed by atoms with E-state index < -0.39 is 0 Å². The number of piperidine rings is 1. The number of hydrogen-bond donors (Lipinski definition) is 1. The van der Waals surface area contributed by atoms with Gasteiger partial charge in [0.05, 0.1) is 11.9 Å². The summed E-state index contributed by atoms with van der Waals surface area (Å²) in [5, 5.41) is 3.51. The number of rotatable bonds is 5. The highest BCUT2D eigenvalue weighted by atomic mass is 15.1. The van der Waals surface area contributed by atoms with E-state index in [1.807, 2.05) is 12.4 Å². The van der Waals surface area contributed by atoms with Gasteiger partial charge in [-0.2, -0.15) is 0 Å². The number of nitrogens with zero attached hydrogens (tertiary/aromatic N) is 2. The second-order valence-corrected chi connectivity index (χ2v) is 6.61. The lowest BCUT2D eigenvalue weighted by Gasteiger charge is -2.36. The van der Waals surface area contributed by atoms with Gasteiger partial charge < -0.3 is 10.2 Å². The maximum atomic E-state index is 4.33. The fourth-order valence-corrected chi connectivity index (χ4v) is 2.97. The molecule has 112 valence electrons. The number of pyridine rings is 1. The molecule has 3 heteroatoms. The summed E-state index contributed by atoms with van der Waals surface area (Å²) >= 11 is 0. The Balaban J connectivity index is 2.02. The molecule has 0 saturated carbocycles. The first-order valence-electron chi connectivity index (χ1n) is 7.99. The molecule has 0 radical (unpaired) electrons. The minimum absolute atomic E-state index is 0.516. The highest BCUT2D eigenvalue weighted by molar-refractivity contribution is 5.52. The van der Waals surface area contributed by atoms with Gasteiger partial charge in [-0.1, -0.05) is 27.7 Å². The van der Waals surface area contributed by atoms with Gasteiger partial charge in [-0.15, -0.1) is 0 Å². The van der Waals surface area contributed by atoms with E-state index in [2.05, 4.69) is 49.0 Å². The van der Waals surface area contributed by atoms with Gasteiger partial charge in [0, 0.05) is 31.9 Å². The monoisotopic (exact) mass is 275 g/mol. The molecule has 0 amide bonds. The lowest BCUT2D eigenvalue weighted by molar-refractivity contribution is 0.311. The summed E-state index contributed by atoms with van der Waals surface area (Å²) in [5.74, 6) is 1.70. The van der Waals surface area contributed by atoms with Crippen molar-refractivity contribution in [3.8, 4) is 0 Å². The van der Waals surface area contributed by atoms with Crippen LogP contribution in [0.5, 0.6) is 0 Å². The Hall–Kier alpha value is -1.09.